The van der Waals surface area contributed by atoms with Crippen molar-refractivity contribution in [3.05, 3.63) is 41.2 Å². The summed E-state index contributed by atoms with van der Waals surface area (Å²) in [5.74, 6) is -0.784. The second-order valence-electron chi connectivity index (χ2n) is 4.07. The van der Waals surface area contributed by atoms with Crippen LogP contribution in [0.5, 0.6) is 0 Å². The lowest BCUT2D eigenvalue weighted by atomic mass is 10.0. The fraction of sp³-hybridized carbons (Fsp3) is 0.273. The Labute approximate surface area is 96.7 Å². The second-order valence-corrected chi connectivity index (χ2v) is 4.07. The SMILES string of the molecule is O=C(O)c1n[nH]c2c1CC(c1cnccn1)C2. The Morgan fingerprint density at radius 2 is 2.29 bits per heavy atom. The van der Waals surface area contributed by atoms with Crippen molar-refractivity contribution in [2.24, 2.45) is 0 Å². The third-order valence-electron chi connectivity index (χ3n) is 3.06. The quantitative estimate of drug-likeness (QED) is 0.795. The van der Waals surface area contributed by atoms with Gasteiger partial charge in [-0.1, -0.05) is 0 Å². The summed E-state index contributed by atoms with van der Waals surface area (Å²) in [5, 5.41) is 15.6. The van der Waals surface area contributed by atoms with Crippen LogP contribution in [-0.4, -0.2) is 31.2 Å². The average Bonchev–Trinajstić information content (AvgIpc) is 2.88. The van der Waals surface area contributed by atoms with Crippen molar-refractivity contribution in [2.45, 2.75) is 18.8 Å². The lowest BCUT2D eigenvalue weighted by molar-refractivity contribution is 0.0689. The molecule has 17 heavy (non-hydrogen) atoms. The van der Waals surface area contributed by atoms with Gasteiger partial charge in [-0.3, -0.25) is 15.1 Å². The van der Waals surface area contributed by atoms with E-state index in [2.05, 4.69) is 20.2 Å². The topological polar surface area (TPSA) is 91.8 Å². The number of aromatic carboxylic acids is 1. The monoisotopic (exact) mass is 230 g/mol. The highest BCUT2D eigenvalue weighted by Crippen LogP contribution is 2.33. The molecule has 3 rings (SSSR count). The van der Waals surface area contributed by atoms with E-state index in [0.29, 0.717) is 6.42 Å². The summed E-state index contributed by atoms with van der Waals surface area (Å²) in [7, 11) is 0. The molecule has 0 spiro atoms. The van der Waals surface area contributed by atoms with Crippen molar-refractivity contribution in [1.29, 1.82) is 0 Å². The fourth-order valence-corrected chi connectivity index (χ4v) is 2.26. The van der Waals surface area contributed by atoms with E-state index >= 15 is 0 Å². The Bertz CT molecular complexity index is 564. The Balaban J connectivity index is 1.91. The molecule has 0 fully saturated rings. The summed E-state index contributed by atoms with van der Waals surface area (Å²) >= 11 is 0. The number of hydrogen-bond acceptors (Lipinski definition) is 4. The lowest BCUT2D eigenvalue weighted by Crippen LogP contribution is -2.05. The van der Waals surface area contributed by atoms with Gasteiger partial charge in [0.25, 0.3) is 0 Å². The van der Waals surface area contributed by atoms with Gasteiger partial charge in [-0.15, -0.1) is 0 Å². The molecule has 0 aliphatic heterocycles. The molecule has 1 unspecified atom stereocenters. The summed E-state index contributed by atoms with van der Waals surface area (Å²) in [6, 6.07) is 0. The maximum atomic E-state index is 11.0. The van der Waals surface area contributed by atoms with E-state index in [0.717, 1.165) is 23.4 Å². The number of hydrogen-bond donors (Lipinski definition) is 2. The summed E-state index contributed by atoms with van der Waals surface area (Å²) in [6.07, 6.45) is 6.41. The van der Waals surface area contributed by atoms with Gasteiger partial charge in [0.15, 0.2) is 5.69 Å². The first-order valence-corrected chi connectivity index (χ1v) is 5.31. The zero-order chi connectivity index (χ0) is 11.8. The number of rotatable bonds is 2. The molecule has 6 nitrogen and oxygen atoms in total. The predicted octanol–water partition coefficient (Wildman–Crippen LogP) is 0.780. The first-order valence-electron chi connectivity index (χ1n) is 5.31. The molecule has 1 atom stereocenters. The number of nitrogens with one attached hydrogen (secondary N) is 1. The maximum absolute atomic E-state index is 11.0. The Morgan fingerprint density at radius 1 is 1.41 bits per heavy atom. The summed E-state index contributed by atoms with van der Waals surface area (Å²) in [4.78, 5) is 19.2. The van der Waals surface area contributed by atoms with Crippen molar-refractivity contribution >= 4 is 5.97 Å². The Hall–Kier alpha value is -2.24. The van der Waals surface area contributed by atoms with Crippen LogP contribution in [0.4, 0.5) is 0 Å². The average molecular weight is 230 g/mol. The molecular weight excluding hydrogens is 220 g/mol. The van der Waals surface area contributed by atoms with Crippen LogP contribution in [0.3, 0.4) is 0 Å². The predicted molar refractivity (Wildman–Crippen MR) is 57.7 cm³/mol. The molecule has 2 aromatic heterocycles. The molecule has 0 radical (unpaired) electrons. The van der Waals surface area contributed by atoms with Gasteiger partial charge >= 0.3 is 5.97 Å². The highest BCUT2D eigenvalue weighted by atomic mass is 16.4. The number of nitrogens with zero attached hydrogens (tertiary/aromatic N) is 3. The number of aromatic amines is 1. The maximum Gasteiger partial charge on any atom is 0.356 e. The number of aromatic nitrogens is 4. The summed E-state index contributed by atoms with van der Waals surface area (Å²) < 4.78 is 0. The lowest BCUT2D eigenvalue weighted by Gasteiger charge is -2.06. The van der Waals surface area contributed by atoms with Crippen LogP contribution >= 0.6 is 0 Å². The zero-order valence-corrected chi connectivity index (χ0v) is 8.92. The van der Waals surface area contributed by atoms with Crippen LogP contribution in [0.2, 0.25) is 0 Å². The van der Waals surface area contributed by atoms with Crippen LogP contribution in [-0.2, 0) is 12.8 Å². The van der Waals surface area contributed by atoms with Gasteiger partial charge in [-0.25, -0.2) is 4.79 Å². The van der Waals surface area contributed by atoms with Gasteiger partial charge in [-0.2, -0.15) is 5.10 Å². The highest BCUT2D eigenvalue weighted by molar-refractivity contribution is 5.87. The molecule has 1 aliphatic rings. The van der Waals surface area contributed by atoms with Crippen molar-refractivity contribution in [1.82, 2.24) is 20.2 Å². The van der Waals surface area contributed by atoms with Crippen LogP contribution in [0.1, 0.15) is 33.4 Å². The molecule has 0 aromatic carbocycles. The normalized spacial score (nSPS) is 18.0. The molecule has 2 heterocycles. The van der Waals surface area contributed by atoms with E-state index in [-0.39, 0.29) is 11.6 Å². The number of fused-ring (bicyclic) bond motifs is 1. The molecule has 2 N–H and O–H groups in total. The molecule has 2 aromatic rings. The molecule has 0 saturated carbocycles. The first-order chi connectivity index (χ1) is 8.25. The van der Waals surface area contributed by atoms with E-state index in [9.17, 15) is 4.79 Å². The van der Waals surface area contributed by atoms with Crippen molar-refractivity contribution in [2.75, 3.05) is 0 Å². The first kappa shape index (κ1) is 9.95. The summed E-state index contributed by atoms with van der Waals surface area (Å²) in [6.45, 7) is 0. The molecule has 6 heteroatoms. The van der Waals surface area contributed by atoms with Gasteiger partial charge in [0, 0.05) is 35.8 Å². The van der Waals surface area contributed by atoms with Crippen molar-refractivity contribution in [3.63, 3.8) is 0 Å². The molecular formula is C11H10N4O2. The minimum absolute atomic E-state index is 0.131. The van der Waals surface area contributed by atoms with Gasteiger partial charge < -0.3 is 5.11 Å². The standard InChI is InChI=1S/C11H10N4O2/c16-11(17)10-7-3-6(4-8(7)14-15-10)9-5-12-1-2-13-9/h1-2,5-6H,3-4H2,(H,14,15)(H,16,17). The fourth-order valence-electron chi connectivity index (χ4n) is 2.26. The Morgan fingerprint density at radius 3 is 3.00 bits per heavy atom. The zero-order valence-electron chi connectivity index (χ0n) is 8.92. The van der Waals surface area contributed by atoms with E-state index < -0.39 is 5.97 Å². The minimum atomic E-state index is -0.984. The van der Waals surface area contributed by atoms with Crippen molar-refractivity contribution in [3.8, 4) is 0 Å². The van der Waals surface area contributed by atoms with E-state index in [1.54, 1.807) is 18.6 Å². The van der Waals surface area contributed by atoms with Crippen LogP contribution in [0.15, 0.2) is 18.6 Å². The highest BCUT2D eigenvalue weighted by Gasteiger charge is 2.30. The number of carboxylic acids is 1. The second kappa shape index (κ2) is 3.65. The molecule has 1 aliphatic carbocycles. The molecule has 0 amide bonds. The van der Waals surface area contributed by atoms with Gasteiger partial charge in [-0.05, 0) is 12.8 Å². The van der Waals surface area contributed by atoms with E-state index in [4.69, 9.17) is 5.11 Å². The molecule has 0 saturated heterocycles. The van der Waals surface area contributed by atoms with Gasteiger partial charge in [0.05, 0.1) is 5.69 Å². The van der Waals surface area contributed by atoms with E-state index in [1.165, 1.54) is 0 Å². The van der Waals surface area contributed by atoms with E-state index in [1.807, 2.05) is 0 Å². The van der Waals surface area contributed by atoms with Crippen LogP contribution in [0, 0.1) is 0 Å². The number of carbonyl (C=O) groups is 1. The third kappa shape index (κ3) is 1.57. The molecule has 86 valence electrons. The van der Waals surface area contributed by atoms with Gasteiger partial charge in [0.1, 0.15) is 0 Å². The third-order valence-corrected chi connectivity index (χ3v) is 3.06. The largest absolute Gasteiger partial charge is 0.476 e. The smallest absolute Gasteiger partial charge is 0.356 e. The van der Waals surface area contributed by atoms with Gasteiger partial charge in [0.2, 0.25) is 0 Å². The number of H-pyrrole nitrogens is 1. The van der Waals surface area contributed by atoms with Crippen LogP contribution in [0.25, 0.3) is 0 Å². The van der Waals surface area contributed by atoms with Crippen LogP contribution < -0.4 is 0 Å². The Kier molecular flexibility index (Phi) is 2.14. The number of carboxylic acid groups (broad SMARTS) is 1. The molecule has 0 bridgehead atoms. The minimum Gasteiger partial charge on any atom is -0.476 e. The summed E-state index contributed by atoms with van der Waals surface area (Å²) in [5.41, 5.74) is 2.73. The van der Waals surface area contributed by atoms with Crippen molar-refractivity contribution < 1.29 is 9.90 Å².